The van der Waals surface area contributed by atoms with E-state index < -0.39 is 12.0 Å². The molecule has 13 heavy (non-hydrogen) atoms. The minimum Gasteiger partial charge on any atom is -0.480 e. The van der Waals surface area contributed by atoms with Crippen LogP contribution in [0.3, 0.4) is 0 Å². The third kappa shape index (κ3) is 14.2. The van der Waals surface area contributed by atoms with Gasteiger partial charge in [0.2, 0.25) is 0 Å². The first kappa shape index (κ1) is 14.8. The first-order valence-corrected chi connectivity index (χ1v) is 4.00. The first-order chi connectivity index (χ1) is 6.09. The van der Waals surface area contributed by atoms with Gasteiger partial charge in [-0.3, -0.25) is 4.79 Å². The summed E-state index contributed by atoms with van der Waals surface area (Å²) >= 11 is 0. The van der Waals surface area contributed by atoms with Crippen molar-refractivity contribution >= 4 is 5.97 Å². The molecular formula is C7H18N2O4. The van der Waals surface area contributed by atoms with E-state index in [1.54, 1.807) is 0 Å². The van der Waals surface area contributed by atoms with E-state index >= 15 is 0 Å². The zero-order chi connectivity index (χ0) is 10.7. The van der Waals surface area contributed by atoms with Gasteiger partial charge in [-0.2, -0.15) is 0 Å². The Morgan fingerprint density at radius 1 is 1.31 bits per heavy atom. The Balaban J connectivity index is 0. The Bertz CT molecular complexity index is 119. The molecule has 0 aromatic rings. The fraction of sp³-hybridized carbons (Fsp3) is 0.857. The van der Waals surface area contributed by atoms with E-state index in [0.29, 0.717) is 19.4 Å². The van der Waals surface area contributed by atoms with Crippen LogP contribution < -0.4 is 11.5 Å². The van der Waals surface area contributed by atoms with Gasteiger partial charge in [0.25, 0.3) is 0 Å². The van der Waals surface area contributed by atoms with Crippen LogP contribution in [-0.2, 0) is 4.79 Å². The summed E-state index contributed by atoms with van der Waals surface area (Å²) in [4.78, 5) is 10.0. The quantitative estimate of drug-likeness (QED) is 0.348. The molecule has 0 radical (unpaired) electrons. The molecule has 1 unspecified atom stereocenters. The van der Waals surface area contributed by atoms with Crippen molar-refractivity contribution in [2.75, 3.05) is 19.8 Å². The number of carboxylic acid groups (broad SMARTS) is 1. The van der Waals surface area contributed by atoms with Crippen LogP contribution in [0.25, 0.3) is 0 Å². The second kappa shape index (κ2) is 11.3. The highest BCUT2D eigenvalue weighted by molar-refractivity contribution is 5.72. The number of rotatable bonds is 5. The van der Waals surface area contributed by atoms with Crippen LogP contribution in [0.4, 0.5) is 0 Å². The van der Waals surface area contributed by atoms with Crippen molar-refractivity contribution in [3.63, 3.8) is 0 Å². The standard InChI is InChI=1S/C5H12N2O2.C2H6O2/c6-3-1-2-4(7)5(8)9;3-1-2-4/h4H,1-3,6-7H2,(H,8,9);3-4H,1-2H2. The van der Waals surface area contributed by atoms with Crippen LogP contribution in [0.15, 0.2) is 0 Å². The summed E-state index contributed by atoms with van der Waals surface area (Å²) in [6.07, 6.45) is 1.14. The lowest BCUT2D eigenvalue weighted by Gasteiger charge is -2.02. The summed E-state index contributed by atoms with van der Waals surface area (Å²) in [5.74, 6) is -0.955. The van der Waals surface area contributed by atoms with Crippen molar-refractivity contribution in [2.24, 2.45) is 11.5 Å². The lowest BCUT2D eigenvalue weighted by molar-refractivity contribution is -0.138. The maximum absolute atomic E-state index is 10.0. The molecule has 0 heterocycles. The number of carbonyl (C=O) groups is 1. The molecule has 6 heteroatoms. The average molecular weight is 194 g/mol. The molecule has 0 fully saturated rings. The van der Waals surface area contributed by atoms with E-state index in [4.69, 9.17) is 26.8 Å². The van der Waals surface area contributed by atoms with Gasteiger partial charge in [0.05, 0.1) is 13.2 Å². The molecule has 0 aromatic heterocycles. The van der Waals surface area contributed by atoms with Crippen LogP contribution in [0, 0.1) is 0 Å². The molecular weight excluding hydrogens is 176 g/mol. The smallest absolute Gasteiger partial charge is 0.320 e. The third-order valence-corrected chi connectivity index (χ3v) is 1.14. The predicted octanol–water partition coefficient (Wildman–Crippen LogP) is -1.89. The summed E-state index contributed by atoms with van der Waals surface area (Å²) in [7, 11) is 0. The van der Waals surface area contributed by atoms with Crippen LogP contribution in [0.1, 0.15) is 12.8 Å². The second-order valence-corrected chi connectivity index (χ2v) is 2.32. The van der Waals surface area contributed by atoms with Crippen LogP contribution >= 0.6 is 0 Å². The Morgan fingerprint density at radius 3 is 2.00 bits per heavy atom. The first-order valence-electron chi connectivity index (χ1n) is 4.00. The SMILES string of the molecule is NCCCC(N)C(=O)O.OCCO. The highest BCUT2D eigenvalue weighted by Crippen LogP contribution is 1.91. The molecule has 0 saturated carbocycles. The number of aliphatic hydroxyl groups is 2. The average Bonchev–Trinajstić information content (AvgIpc) is 2.14. The molecule has 7 N–H and O–H groups in total. The van der Waals surface area contributed by atoms with Gasteiger partial charge >= 0.3 is 5.97 Å². The van der Waals surface area contributed by atoms with Gasteiger partial charge in [-0.25, -0.2) is 0 Å². The molecule has 0 aromatic carbocycles. The number of aliphatic carboxylic acids is 1. The largest absolute Gasteiger partial charge is 0.480 e. The highest BCUT2D eigenvalue weighted by Gasteiger charge is 2.08. The van der Waals surface area contributed by atoms with E-state index in [0.717, 1.165) is 0 Å². The Labute approximate surface area is 77.2 Å². The molecule has 1 atom stereocenters. The Kier molecular flexibility index (Phi) is 12.9. The van der Waals surface area contributed by atoms with Crippen molar-refractivity contribution < 1.29 is 20.1 Å². The van der Waals surface area contributed by atoms with Crippen molar-refractivity contribution in [3.8, 4) is 0 Å². The fourth-order valence-corrected chi connectivity index (χ4v) is 0.461. The molecule has 0 saturated heterocycles. The van der Waals surface area contributed by atoms with Gasteiger partial charge in [0.1, 0.15) is 6.04 Å². The molecule has 0 aliphatic rings. The topological polar surface area (TPSA) is 130 Å². The van der Waals surface area contributed by atoms with Crippen molar-refractivity contribution in [2.45, 2.75) is 18.9 Å². The normalized spacial score (nSPS) is 11.4. The van der Waals surface area contributed by atoms with E-state index in [1.165, 1.54) is 0 Å². The number of hydrogen-bond donors (Lipinski definition) is 5. The monoisotopic (exact) mass is 194 g/mol. The second-order valence-electron chi connectivity index (χ2n) is 2.32. The zero-order valence-electron chi connectivity index (χ0n) is 7.52. The van der Waals surface area contributed by atoms with E-state index in [-0.39, 0.29) is 13.2 Å². The molecule has 0 amide bonds. The van der Waals surface area contributed by atoms with Gasteiger partial charge in [0, 0.05) is 0 Å². The van der Waals surface area contributed by atoms with Crippen molar-refractivity contribution in [1.29, 1.82) is 0 Å². The Morgan fingerprint density at radius 2 is 1.77 bits per heavy atom. The summed E-state index contributed by atoms with van der Waals surface area (Å²) in [5.41, 5.74) is 10.3. The molecule has 0 rings (SSSR count). The minimum absolute atomic E-state index is 0.125. The fourth-order valence-electron chi connectivity index (χ4n) is 0.461. The van der Waals surface area contributed by atoms with Crippen molar-refractivity contribution in [3.05, 3.63) is 0 Å². The molecule has 0 aliphatic carbocycles. The van der Waals surface area contributed by atoms with Gasteiger partial charge in [-0.15, -0.1) is 0 Å². The molecule has 0 aliphatic heterocycles. The Hall–Kier alpha value is -0.690. The summed E-state index contributed by atoms with van der Waals surface area (Å²) in [5, 5.41) is 23.5. The number of nitrogens with two attached hydrogens (primary N) is 2. The molecule has 0 bridgehead atoms. The lowest BCUT2D eigenvalue weighted by Crippen LogP contribution is -2.30. The maximum Gasteiger partial charge on any atom is 0.320 e. The lowest BCUT2D eigenvalue weighted by atomic mass is 10.2. The third-order valence-electron chi connectivity index (χ3n) is 1.14. The van der Waals surface area contributed by atoms with Gasteiger partial charge in [-0.05, 0) is 19.4 Å². The minimum atomic E-state index is -0.955. The summed E-state index contributed by atoms with van der Waals surface area (Å²) < 4.78 is 0. The number of hydrogen-bond acceptors (Lipinski definition) is 5. The van der Waals surface area contributed by atoms with E-state index in [1.807, 2.05) is 0 Å². The molecule has 6 nitrogen and oxygen atoms in total. The van der Waals surface area contributed by atoms with E-state index in [9.17, 15) is 4.79 Å². The molecule has 0 spiro atoms. The number of carboxylic acids is 1. The number of aliphatic hydroxyl groups excluding tert-OH is 2. The molecule has 80 valence electrons. The van der Waals surface area contributed by atoms with Crippen LogP contribution in [0.2, 0.25) is 0 Å². The van der Waals surface area contributed by atoms with Gasteiger partial charge in [-0.1, -0.05) is 0 Å². The van der Waals surface area contributed by atoms with Gasteiger partial charge in [0.15, 0.2) is 0 Å². The van der Waals surface area contributed by atoms with Crippen LogP contribution in [0.5, 0.6) is 0 Å². The van der Waals surface area contributed by atoms with Crippen molar-refractivity contribution in [1.82, 2.24) is 0 Å². The summed E-state index contributed by atoms with van der Waals surface area (Å²) in [6.45, 7) is 0.251. The van der Waals surface area contributed by atoms with Crippen LogP contribution in [-0.4, -0.2) is 47.1 Å². The maximum atomic E-state index is 10.0. The van der Waals surface area contributed by atoms with Gasteiger partial charge < -0.3 is 26.8 Å². The van der Waals surface area contributed by atoms with E-state index in [2.05, 4.69) is 0 Å². The predicted molar refractivity (Wildman–Crippen MR) is 48.1 cm³/mol. The zero-order valence-corrected chi connectivity index (χ0v) is 7.52. The highest BCUT2D eigenvalue weighted by atomic mass is 16.4. The summed E-state index contributed by atoms with van der Waals surface area (Å²) in [6, 6.07) is -0.742.